The second-order valence-electron chi connectivity index (χ2n) is 5.35. The molecule has 2 aromatic rings. The largest absolute Gasteiger partial charge is 0.459 e. The Morgan fingerprint density at radius 1 is 0.962 bits per heavy atom. The molecule has 6 nitrogen and oxygen atoms in total. The Hall–Kier alpha value is -3.06. The van der Waals surface area contributed by atoms with Gasteiger partial charge in [0.05, 0.1) is 11.1 Å². The van der Waals surface area contributed by atoms with E-state index in [2.05, 4.69) is 0 Å². The van der Waals surface area contributed by atoms with Gasteiger partial charge in [-0.3, -0.25) is 4.79 Å². The van der Waals surface area contributed by atoms with Crippen molar-refractivity contribution >= 4 is 18.2 Å². The summed E-state index contributed by atoms with van der Waals surface area (Å²) in [6, 6.07) is 15.7. The molecule has 0 amide bonds. The van der Waals surface area contributed by atoms with Gasteiger partial charge < -0.3 is 14.6 Å². The monoisotopic (exact) mass is 360 g/mol. The van der Waals surface area contributed by atoms with Crippen LogP contribution in [0.15, 0.2) is 60.7 Å². The van der Waals surface area contributed by atoms with Gasteiger partial charge in [0.1, 0.15) is 12.7 Å². The number of aliphatic hydroxyl groups is 1. The minimum absolute atomic E-state index is 0.0921. The van der Waals surface area contributed by atoms with E-state index in [0.717, 1.165) is 0 Å². The van der Waals surface area contributed by atoms with E-state index < -0.39 is 36.9 Å². The second-order valence-corrected chi connectivity index (χ2v) is 5.35. The summed E-state index contributed by atoms with van der Waals surface area (Å²) in [6.45, 7) is -0.644. The van der Waals surface area contributed by atoms with E-state index in [4.69, 9.17) is 9.47 Å². The van der Waals surface area contributed by atoms with Gasteiger partial charge in [0.25, 0.3) is 0 Å². The van der Waals surface area contributed by atoms with Crippen LogP contribution in [0.5, 0.6) is 0 Å². The van der Waals surface area contributed by atoms with E-state index in [9.17, 15) is 23.9 Å². The van der Waals surface area contributed by atoms with Crippen LogP contribution in [0, 0.1) is 0 Å². The van der Waals surface area contributed by atoms with Crippen LogP contribution < -0.4 is 0 Å². The molecule has 0 heterocycles. The van der Waals surface area contributed by atoms with Crippen molar-refractivity contribution in [3.63, 3.8) is 0 Å². The Labute approximate surface area is 149 Å². The van der Waals surface area contributed by atoms with E-state index in [1.807, 2.05) is 0 Å². The van der Waals surface area contributed by atoms with Crippen LogP contribution in [0.1, 0.15) is 20.7 Å². The van der Waals surface area contributed by atoms with E-state index in [0.29, 0.717) is 0 Å². The maximum atomic E-state index is 13.8. The van der Waals surface area contributed by atoms with E-state index >= 15 is 0 Å². The summed E-state index contributed by atoms with van der Waals surface area (Å²) in [5.41, 5.74) is 0.369. The molecule has 2 aromatic carbocycles. The maximum Gasteiger partial charge on any atom is 0.338 e. The highest BCUT2D eigenvalue weighted by Crippen LogP contribution is 2.13. The molecule has 1 N–H and O–H groups in total. The first-order chi connectivity index (χ1) is 12.5. The Bertz CT molecular complexity index is 734. The average Bonchev–Trinajstić information content (AvgIpc) is 2.70. The first-order valence-electron chi connectivity index (χ1n) is 7.78. The van der Waals surface area contributed by atoms with Crippen LogP contribution in [0.3, 0.4) is 0 Å². The number of esters is 2. The predicted molar refractivity (Wildman–Crippen MR) is 89.3 cm³/mol. The van der Waals surface area contributed by atoms with Gasteiger partial charge in [0.2, 0.25) is 0 Å². The fourth-order valence-corrected chi connectivity index (χ4v) is 2.11. The van der Waals surface area contributed by atoms with Crippen molar-refractivity contribution in [3.8, 4) is 0 Å². The highest BCUT2D eigenvalue weighted by Gasteiger charge is 2.33. The third-order valence-corrected chi connectivity index (χ3v) is 3.47. The third-order valence-electron chi connectivity index (χ3n) is 3.47. The molecule has 0 radical (unpaired) electrons. The molecule has 0 aliphatic rings. The van der Waals surface area contributed by atoms with Crippen molar-refractivity contribution in [2.45, 2.75) is 18.4 Å². The van der Waals surface area contributed by atoms with Crippen molar-refractivity contribution in [2.75, 3.05) is 6.61 Å². The predicted octanol–water partition coefficient (Wildman–Crippen LogP) is 1.97. The number of ether oxygens (including phenoxy) is 2. The fourth-order valence-electron chi connectivity index (χ4n) is 2.11. The number of aldehydes is 1. The molecule has 3 atom stereocenters. The number of carbonyl (C=O) groups excluding carboxylic acids is 3. The van der Waals surface area contributed by atoms with Crippen molar-refractivity contribution < 1.29 is 33.4 Å². The maximum absolute atomic E-state index is 13.8. The summed E-state index contributed by atoms with van der Waals surface area (Å²) < 4.78 is 23.6. The summed E-state index contributed by atoms with van der Waals surface area (Å²) in [6.07, 6.45) is -5.88. The van der Waals surface area contributed by atoms with E-state index in [1.165, 1.54) is 24.3 Å². The summed E-state index contributed by atoms with van der Waals surface area (Å²) in [7, 11) is 0. The molecule has 0 aliphatic heterocycles. The third kappa shape index (κ3) is 5.22. The summed E-state index contributed by atoms with van der Waals surface area (Å²) >= 11 is 0. The second kappa shape index (κ2) is 9.43. The number of hydrogen-bond donors (Lipinski definition) is 1. The molecule has 0 saturated carbocycles. The normalized spacial score (nSPS) is 13.9. The van der Waals surface area contributed by atoms with Crippen LogP contribution >= 0.6 is 0 Å². The van der Waals surface area contributed by atoms with Gasteiger partial charge in [-0.15, -0.1) is 0 Å². The molecular formula is C19H17FO6. The molecule has 0 aliphatic carbocycles. The molecule has 0 unspecified atom stereocenters. The van der Waals surface area contributed by atoms with Crippen LogP contribution in [-0.2, 0) is 14.3 Å². The summed E-state index contributed by atoms with van der Waals surface area (Å²) in [5.74, 6) is -1.65. The molecule has 0 fully saturated rings. The number of rotatable bonds is 8. The number of aliphatic hydroxyl groups excluding tert-OH is 1. The van der Waals surface area contributed by atoms with Gasteiger partial charge in [-0.25, -0.2) is 14.0 Å². The quantitative estimate of drug-likeness (QED) is 0.572. The Morgan fingerprint density at radius 3 is 1.96 bits per heavy atom. The van der Waals surface area contributed by atoms with Crippen LogP contribution in [-0.4, -0.2) is 48.3 Å². The summed E-state index contributed by atoms with van der Waals surface area (Å²) in [5, 5.41) is 10.0. The lowest BCUT2D eigenvalue weighted by Crippen LogP contribution is -2.42. The van der Waals surface area contributed by atoms with Gasteiger partial charge >= 0.3 is 11.9 Å². The topological polar surface area (TPSA) is 89.9 Å². The number of carbonyl (C=O) groups is 3. The standard InChI is InChI=1S/C19H17FO6/c20-15(11-21)17(26-19(24)14-9-5-2-6-10-14)16(22)12-25-18(23)13-7-3-1-4-8-13/h1-11,15-17,22H,12H2/t15-,16-,17+/m1/s1. The molecule has 0 saturated heterocycles. The lowest BCUT2D eigenvalue weighted by Gasteiger charge is -2.23. The molecule has 2 rings (SSSR count). The SMILES string of the molecule is O=C[C@@H](F)[C@H](OC(=O)c1ccccc1)[C@H](O)COC(=O)c1ccccc1. The van der Waals surface area contributed by atoms with Gasteiger partial charge in [0, 0.05) is 0 Å². The zero-order valence-corrected chi connectivity index (χ0v) is 13.7. The smallest absolute Gasteiger partial charge is 0.338 e. The zero-order valence-electron chi connectivity index (χ0n) is 13.7. The Balaban J connectivity index is 2.00. The van der Waals surface area contributed by atoms with Crippen molar-refractivity contribution in [3.05, 3.63) is 71.8 Å². The number of halogens is 1. The number of alkyl halides is 1. The highest BCUT2D eigenvalue weighted by molar-refractivity contribution is 5.90. The molecule has 136 valence electrons. The molecule has 0 bridgehead atoms. The van der Waals surface area contributed by atoms with Crippen molar-refractivity contribution in [1.82, 2.24) is 0 Å². The van der Waals surface area contributed by atoms with Crippen LogP contribution in [0.2, 0.25) is 0 Å². The van der Waals surface area contributed by atoms with E-state index in [1.54, 1.807) is 36.4 Å². The number of benzene rings is 2. The van der Waals surface area contributed by atoms with Gasteiger partial charge in [-0.05, 0) is 24.3 Å². The lowest BCUT2D eigenvalue weighted by atomic mass is 10.1. The van der Waals surface area contributed by atoms with Crippen molar-refractivity contribution in [1.29, 1.82) is 0 Å². The molecule has 7 heteroatoms. The Kier molecular flexibility index (Phi) is 6.99. The first-order valence-corrected chi connectivity index (χ1v) is 7.78. The van der Waals surface area contributed by atoms with Gasteiger partial charge in [-0.1, -0.05) is 36.4 Å². The van der Waals surface area contributed by atoms with Gasteiger partial charge in [0.15, 0.2) is 18.6 Å². The average molecular weight is 360 g/mol. The van der Waals surface area contributed by atoms with E-state index in [-0.39, 0.29) is 17.4 Å². The fraction of sp³-hybridized carbons (Fsp3) is 0.211. The number of hydrogen-bond acceptors (Lipinski definition) is 6. The van der Waals surface area contributed by atoms with Crippen LogP contribution in [0.4, 0.5) is 4.39 Å². The molecule has 26 heavy (non-hydrogen) atoms. The molecule has 0 spiro atoms. The zero-order chi connectivity index (χ0) is 18.9. The minimum Gasteiger partial charge on any atom is -0.459 e. The van der Waals surface area contributed by atoms with Crippen molar-refractivity contribution in [2.24, 2.45) is 0 Å². The minimum atomic E-state index is -2.27. The first kappa shape index (κ1) is 19.3. The lowest BCUT2D eigenvalue weighted by molar-refractivity contribution is -0.121. The Morgan fingerprint density at radius 2 is 1.46 bits per heavy atom. The van der Waals surface area contributed by atoms with Crippen LogP contribution in [0.25, 0.3) is 0 Å². The molecular weight excluding hydrogens is 343 g/mol. The summed E-state index contributed by atoms with van der Waals surface area (Å²) in [4.78, 5) is 34.6. The van der Waals surface area contributed by atoms with Gasteiger partial charge in [-0.2, -0.15) is 0 Å². The highest BCUT2D eigenvalue weighted by atomic mass is 19.1. The molecule has 0 aromatic heterocycles.